The summed E-state index contributed by atoms with van der Waals surface area (Å²) in [6, 6.07) is 24.0. The van der Waals surface area contributed by atoms with Crippen LogP contribution in [-0.4, -0.2) is 43.2 Å². The molecule has 34 heavy (non-hydrogen) atoms. The summed E-state index contributed by atoms with van der Waals surface area (Å²) in [7, 11) is 0. The first-order valence-corrected chi connectivity index (χ1v) is 11.4. The molecule has 0 amide bonds. The van der Waals surface area contributed by atoms with Crippen LogP contribution in [0.3, 0.4) is 0 Å². The molecule has 5 rings (SSSR count). The lowest BCUT2D eigenvalue weighted by Crippen LogP contribution is -2.48. The Bertz CT molecular complexity index is 1110. The van der Waals surface area contributed by atoms with Gasteiger partial charge in [-0.05, 0) is 48.4 Å². The van der Waals surface area contributed by atoms with Gasteiger partial charge in [-0.1, -0.05) is 36.4 Å². The van der Waals surface area contributed by atoms with Crippen LogP contribution in [0.15, 0.2) is 72.8 Å². The van der Waals surface area contributed by atoms with Crippen molar-refractivity contribution in [3.63, 3.8) is 0 Å². The molecule has 2 heterocycles. The second-order valence-corrected chi connectivity index (χ2v) is 8.62. The zero-order valence-electron chi connectivity index (χ0n) is 19.0. The zero-order valence-corrected chi connectivity index (χ0v) is 19.0. The van der Waals surface area contributed by atoms with Crippen molar-refractivity contribution in [2.45, 2.75) is 19.1 Å². The Morgan fingerprint density at radius 2 is 1.56 bits per heavy atom. The first kappa shape index (κ1) is 22.3. The number of ether oxygens (including phenoxy) is 4. The summed E-state index contributed by atoms with van der Waals surface area (Å²) in [5.41, 5.74) is 3.17. The van der Waals surface area contributed by atoms with E-state index in [4.69, 9.17) is 18.9 Å². The second-order valence-electron chi connectivity index (χ2n) is 8.62. The Labute approximate surface area is 198 Å². The summed E-state index contributed by atoms with van der Waals surface area (Å²) in [5, 5.41) is 9.18. The van der Waals surface area contributed by atoms with E-state index in [0.29, 0.717) is 26.4 Å². The minimum atomic E-state index is -1.55. The van der Waals surface area contributed by atoms with Crippen LogP contribution in [0.1, 0.15) is 12.5 Å². The van der Waals surface area contributed by atoms with Crippen LogP contribution >= 0.6 is 0 Å². The van der Waals surface area contributed by atoms with Crippen molar-refractivity contribution in [3.8, 4) is 17.2 Å². The van der Waals surface area contributed by atoms with Gasteiger partial charge in [-0.25, -0.2) is 4.79 Å². The summed E-state index contributed by atoms with van der Waals surface area (Å²) < 4.78 is 23.0. The highest BCUT2D eigenvalue weighted by molar-refractivity contribution is 5.77. The van der Waals surface area contributed by atoms with E-state index >= 15 is 0 Å². The molecule has 3 aromatic rings. The third kappa shape index (κ3) is 4.58. The van der Waals surface area contributed by atoms with Gasteiger partial charge in [0.25, 0.3) is 5.79 Å². The Balaban J connectivity index is 1.16. The Morgan fingerprint density at radius 3 is 2.15 bits per heavy atom. The molecule has 176 valence electrons. The lowest BCUT2D eigenvalue weighted by Gasteiger charge is -2.34. The molecule has 0 atom stereocenters. The van der Waals surface area contributed by atoms with Crippen LogP contribution in [0.4, 0.5) is 11.4 Å². The van der Waals surface area contributed by atoms with Crippen LogP contribution < -0.4 is 14.4 Å². The highest BCUT2D eigenvalue weighted by Crippen LogP contribution is 2.45. The van der Waals surface area contributed by atoms with Crippen molar-refractivity contribution in [1.82, 2.24) is 0 Å². The molecule has 2 aliphatic heterocycles. The number of nitrogens with zero attached hydrogens (tertiary/aromatic N) is 1. The molecule has 7 nitrogen and oxygen atoms in total. The lowest BCUT2D eigenvalue weighted by atomic mass is 9.99. The molecule has 2 aliphatic rings. The predicted molar refractivity (Wildman–Crippen MR) is 127 cm³/mol. The van der Waals surface area contributed by atoms with E-state index < -0.39 is 11.8 Å². The number of rotatable bonds is 7. The number of carbonyl (C=O) groups is 1. The molecule has 0 unspecified atom stereocenters. The van der Waals surface area contributed by atoms with Gasteiger partial charge in [-0.2, -0.15) is 0 Å². The smallest absolute Gasteiger partial charge is 0.364 e. The fourth-order valence-electron chi connectivity index (χ4n) is 4.22. The van der Waals surface area contributed by atoms with Crippen LogP contribution in [0.25, 0.3) is 0 Å². The maximum Gasteiger partial charge on any atom is 0.364 e. The van der Waals surface area contributed by atoms with Crippen molar-refractivity contribution in [2.24, 2.45) is 5.92 Å². The number of benzene rings is 3. The fourth-order valence-corrected chi connectivity index (χ4v) is 4.22. The number of carboxylic acid groups (broad SMARTS) is 1. The summed E-state index contributed by atoms with van der Waals surface area (Å²) >= 11 is 0. The van der Waals surface area contributed by atoms with Gasteiger partial charge in [0.2, 0.25) is 0 Å². The van der Waals surface area contributed by atoms with Gasteiger partial charge in [0.15, 0.2) is 11.5 Å². The molecular weight excluding hydrogens is 434 g/mol. The minimum Gasteiger partial charge on any atom is -0.492 e. The highest BCUT2D eigenvalue weighted by Gasteiger charge is 2.40. The Morgan fingerprint density at radius 1 is 0.971 bits per heavy atom. The van der Waals surface area contributed by atoms with Gasteiger partial charge in [0.05, 0.1) is 31.1 Å². The average Bonchev–Trinajstić information content (AvgIpc) is 2.86. The third-order valence-electron chi connectivity index (χ3n) is 6.14. The maximum atomic E-state index is 11.2. The van der Waals surface area contributed by atoms with Gasteiger partial charge in [0.1, 0.15) is 12.4 Å². The number of hydrogen-bond acceptors (Lipinski definition) is 6. The van der Waals surface area contributed by atoms with E-state index in [9.17, 15) is 9.90 Å². The molecule has 0 radical (unpaired) electrons. The van der Waals surface area contributed by atoms with E-state index in [1.54, 1.807) is 0 Å². The van der Waals surface area contributed by atoms with Gasteiger partial charge >= 0.3 is 5.97 Å². The third-order valence-corrected chi connectivity index (χ3v) is 6.14. The molecule has 1 N–H and O–H groups in total. The molecular formula is C27H27NO6. The minimum absolute atomic E-state index is 0.112. The lowest BCUT2D eigenvalue weighted by molar-refractivity contribution is -0.270. The summed E-state index contributed by atoms with van der Waals surface area (Å²) in [4.78, 5) is 13.4. The molecule has 0 spiro atoms. The van der Waals surface area contributed by atoms with Crippen LogP contribution in [0.5, 0.6) is 17.2 Å². The first-order valence-electron chi connectivity index (χ1n) is 11.4. The van der Waals surface area contributed by atoms with Gasteiger partial charge < -0.3 is 29.0 Å². The van der Waals surface area contributed by atoms with Crippen molar-refractivity contribution >= 4 is 17.3 Å². The Kier molecular flexibility index (Phi) is 6.13. The fraction of sp³-hybridized carbons (Fsp3) is 0.296. The van der Waals surface area contributed by atoms with E-state index in [1.165, 1.54) is 6.92 Å². The number of aliphatic carboxylic acids is 1. The largest absolute Gasteiger partial charge is 0.492 e. The highest BCUT2D eigenvalue weighted by atomic mass is 16.7. The summed E-state index contributed by atoms with van der Waals surface area (Å²) in [6.07, 6.45) is 0.747. The number of hydrogen-bond donors (Lipinski definition) is 1. The number of para-hydroxylation sites is 4. The molecule has 0 bridgehead atoms. The van der Waals surface area contributed by atoms with Crippen LogP contribution in [-0.2, 0) is 20.7 Å². The number of fused-ring (bicyclic) bond motifs is 2. The molecule has 1 fully saturated rings. The van der Waals surface area contributed by atoms with Crippen molar-refractivity contribution in [2.75, 3.05) is 31.3 Å². The first-order chi connectivity index (χ1) is 16.5. The van der Waals surface area contributed by atoms with Crippen LogP contribution in [0.2, 0.25) is 0 Å². The Hall–Kier alpha value is -3.55. The topological polar surface area (TPSA) is 77.5 Å². The van der Waals surface area contributed by atoms with Crippen LogP contribution in [0, 0.1) is 5.92 Å². The van der Waals surface area contributed by atoms with Crippen molar-refractivity contribution in [1.29, 1.82) is 0 Å². The van der Waals surface area contributed by atoms with E-state index in [1.807, 2.05) is 60.7 Å². The van der Waals surface area contributed by atoms with E-state index in [2.05, 4.69) is 17.0 Å². The SMILES string of the molecule is CC1(C(=O)O)OCC(Cc2ccc(OCCN3c4ccccc4Oc4ccccc43)cc2)CO1. The normalized spacial score (nSPS) is 21.2. The zero-order chi connectivity index (χ0) is 23.5. The predicted octanol–water partition coefficient (Wildman–Crippen LogP) is 5.02. The van der Waals surface area contributed by atoms with Crippen molar-refractivity contribution < 1.29 is 28.8 Å². The number of carboxylic acids is 1. The quantitative estimate of drug-likeness (QED) is 0.530. The molecule has 7 heteroatoms. The molecule has 3 aromatic carbocycles. The van der Waals surface area contributed by atoms with E-state index in [-0.39, 0.29) is 5.92 Å². The maximum absolute atomic E-state index is 11.2. The van der Waals surface area contributed by atoms with Gasteiger partial charge in [-0.15, -0.1) is 0 Å². The standard InChI is InChI=1S/C27H27NO6/c1-27(26(29)30)32-17-20(18-33-27)16-19-10-12-21(13-11-19)31-15-14-28-22-6-2-4-8-24(22)34-25-9-5-3-7-23(25)28/h2-13,20H,14-18H2,1H3,(H,29,30). The van der Waals surface area contributed by atoms with E-state index in [0.717, 1.165) is 40.6 Å². The molecule has 0 saturated carbocycles. The molecule has 0 aromatic heterocycles. The summed E-state index contributed by atoms with van der Waals surface area (Å²) in [5.74, 6) is -0.0597. The molecule has 1 saturated heterocycles. The van der Waals surface area contributed by atoms with Crippen molar-refractivity contribution in [3.05, 3.63) is 78.4 Å². The second kappa shape index (κ2) is 9.37. The number of anilines is 2. The van der Waals surface area contributed by atoms with Gasteiger partial charge in [-0.3, -0.25) is 0 Å². The average molecular weight is 462 g/mol. The monoisotopic (exact) mass is 461 g/mol. The summed E-state index contributed by atoms with van der Waals surface area (Å²) in [6.45, 7) is 3.33. The van der Waals surface area contributed by atoms with Gasteiger partial charge in [0, 0.05) is 12.8 Å². The molecule has 0 aliphatic carbocycles.